The molecule has 0 saturated carbocycles. The fraction of sp³-hybridized carbons (Fsp3) is 0.357. The molecule has 2 aromatic rings. The number of benzene rings is 1. The molecule has 3 nitrogen and oxygen atoms in total. The number of halogens is 1. The van der Waals surface area contributed by atoms with E-state index in [0.29, 0.717) is 5.41 Å². The molecule has 18 heavy (non-hydrogen) atoms. The third kappa shape index (κ3) is 1.49. The van der Waals surface area contributed by atoms with E-state index in [9.17, 15) is 0 Å². The lowest BCUT2D eigenvalue weighted by molar-refractivity contribution is -0.126. The summed E-state index contributed by atoms with van der Waals surface area (Å²) < 4.78 is 6.40. The molecule has 2 fully saturated rings. The first-order valence-corrected chi connectivity index (χ1v) is 6.92. The van der Waals surface area contributed by atoms with Gasteiger partial charge in [-0.25, -0.2) is 0 Å². The van der Waals surface area contributed by atoms with Crippen molar-refractivity contribution in [1.29, 1.82) is 0 Å². The molecule has 1 aromatic heterocycles. The summed E-state index contributed by atoms with van der Waals surface area (Å²) in [6, 6.07) is 8.41. The third-order valence-corrected chi connectivity index (χ3v) is 4.38. The number of hydrogen-bond donors (Lipinski definition) is 0. The fourth-order valence-corrected chi connectivity index (χ4v) is 3.24. The van der Waals surface area contributed by atoms with Crippen LogP contribution in [0.1, 0.15) is 0 Å². The molecule has 0 N–H and O–H groups in total. The molecule has 4 rings (SSSR count). The lowest BCUT2D eigenvalue weighted by atomic mass is 9.77. The molecule has 0 unspecified atom stereocenters. The van der Waals surface area contributed by atoms with Gasteiger partial charge in [-0.2, -0.15) is 0 Å². The molecule has 2 saturated heterocycles. The highest BCUT2D eigenvalue weighted by molar-refractivity contribution is 9.10. The Labute approximate surface area is 114 Å². The van der Waals surface area contributed by atoms with Crippen LogP contribution in [0.5, 0.6) is 0 Å². The SMILES string of the molecule is Brc1ccc2c(N3CC4(COC4)C3)ccnc2c1. The van der Waals surface area contributed by atoms with Crippen LogP contribution in [-0.4, -0.2) is 31.3 Å². The van der Waals surface area contributed by atoms with Crippen molar-refractivity contribution >= 4 is 32.5 Å². The lowest BCUT2D eigenvalue weighted by Crippen LogP contribution is -2.66. The number of hydrogen-bond acceptors (Lipinski definition) is 3. The Hall–Kier alpha value is -1.13. The van der Waals surface area contributed by atoms with Crippen LogP contribution in [0, 0.1) is 5.41 Å². The summed E-state index contributed by atoms with van der Waals surface area (Å²) >= 11 is 3.49. The number of aromatic nitrogens is 1. The highest BCUT2D eigenvalue weighted by Gasteiger charge is 2.49. The van der Waals surface area contributed by atoms with E-state index >= 15 is 0 Å². The molecule has 1 aromatic carbocycles. The van der Waals surface area contributed by atoms with Gasteiger partial charge in [0, 0.05) is 34.8 Å². The Balaban J connectivity index is 1.72. The minimum absolute atomic E-state index is 0.449. The second kappa shape index (κ2) is 3.68. The second-order valence-electron chi connectivity index (χ2n) is 5.34. The summed E-state index contributed by atoms with van der Waals surface area (Å²) in [4.78, 5) is 6.86. The van der Waals surface area contributed by atoms with Gasteiger partial charge < -0.3 is 9.64 Å². The van der Waals surface area contributed by atoms with Gasteiger partial charge >= 0.3 is 0 Å². The monoisotopic (exact) mass is 304 g/mol. The van der Waals surface area contributed by atoms with Crippen LogP contribution in [0.25, 0.3) is 10.9 Å². The van der Waals surface area contributed by atoms with Crippen molar-refractivity contribution in [2.24, 2.45) is 5.41 Å². The number of pyridine rings is 1. The summed E-state index contributed by atoms with van der Waals surface area (Å²) in [5.74, 6) is 0. The Bertz CT molecular complexity index is 616. The average Bonchev–Trinajstić information content (AvgIpc) is 2.25. The minimum Gasteiger partial charge on any atom is -0.380 e. The molecule has 0 atom stereocenters. The Morgan fingerprint density at radius 1 is 1.22 bits per heavy atom. The maximum absolute atomic E-state index is 5.32. The molecule has 0 bridgehead atoms. The van der Waals surface area contributed by atoms with Crippen LogP contribution in [0.3, 0.4) is 0 Å². The van der Waals surface area contributed by atoms with E-state index in [-0.39, 0.29) is 0 Å². The van der Waals surface area contributed by atoms with Gasteiger partial charge in [-0.3, -0.25) is 4.98 Å². The number of nitrogens with zero attached hydrogens (tertiary/aromatic N) is 2. The summed E-state index contributed by atoms with van der Waals surface area (Å²) in [5.41, 5.74) is 2.79. The standard InChI is InChI=1S/C14H13BrN2O/c15-10-1-2-11-12(5-10)16-4-3-13(11)17-6-14(7-17)8-18-9-14/h1-5H,6-9H2. The molecule has 92 valence electrons. The summed E-state index contributed by atoms with van der Waals surface area (Å²) in [6.45, 7) is 4.08. The topological polar surface area (TPSA) is 25.4 Å². The van der Waals surface area contributed by atoms with Gasteiger partial charge in [-0.1, -0.05) is 15.9 Å². The van der Waals surface area contributed by atoms with Gasteiger partial charge in [0.25, 0.3) is 0 Å². The van der Waals surface area contributed by atoms with E-state index in [1.807, 2.05) is 6.20 Å². The average molecular weight is 305 g/mol. The van der Waals surface area contributed by atoms with Crippen molar-refractivity contribution in [1.82, 2.24) is 4.98 Å². The first kappa shape index (κ1) is 10.8. The van der Waals surface area contributed by atoms with Crippen molar-refractivity contribution in [3.63, 3.8) is 0 Å². The number of anilines is 1. The van der Waals surface area contributed by atoms with Crippen molar-refractivity contribution in [2.75, 3.05) is 31.2 Å². The van der Waals surface area contributed by atoms with Crippen molar-refractivity contribution in [2.45, 2.75) is 0 Å². The molecule has 0 aliphatic carbocycles. The summed E-state index contributed by atoms with van der Waals surface area (Å²) in [7, 11) is 0. The molecular weight excluding hydrogens is 292 g/mol. The van der Waals surface area contributed by atoms with Crippen LogP contribution in [0.4, 0.5) is 5.69 Å². The van der Waals surface area contributed by atoms with E-state index in [1.54, 1.807) is 0 Å². The highest BCUT2D eigenvalue weighted by atomic mass is 79.9. The third-order valence-electron chi connectivity index (χ3n) is 3.89. The largest absolute Gasteiger partial charge is 0.380 e. The second-order valence-corrected chi connectivity index (χ2v) is 6.26. The molecule has 2 aliphatic heterocycles. The normalized spacial score (nSPS) is 20.8. The Morgan fingerprint density at radius 3 is 2.78 bits per heavy atom. The molecule has 0 amide bonds. The van der Waals surface area contributed by atoms with E-state index in [4.69, 9.17) is 4.74 Å². The number of ether oxygens (including phenoxy) is 1. The maximum Gasteiger partial charge on any atom is 0.0734 e. The molecule has 4 heteroatoms. The summed E-state index contributed by atoms with van der Waals surface area (Å²) in [6.07, 6.45) is 1.90. The minimum atomic E-state index is 0.449. The van der Waals surface area contributed by atoms with Crippen molar-refractivity contribution in [3.05, 3.63) is 34.9 Å². The molecule has 2 aliphatic rings. The molecular formula is C14H13BrN2O. The zero-order chi connectivity index (χ0) is 12.2. The predicted octanol–water partition coefficient (Wildman–Crippen LogP) is 2.83. The zero-order valence-electron chi connectivity index (χ0n) is 9.90. The predicted molar refractivity (Wildman–Crippen MR) is 74.9 cm³/mol. The van der Waals surface area contributed by atoms with Crippen LogP contribution in [-0.2, 0) is 4.74 Å². The molecule has 0 radical (unpaired) electrons. The van der Waals surface area contributed by atoms with Crippen LogP contribution < -0.4 is 4.90 Å². The van der Waals surface area contributed by atoms with Crippen molar-refractivity contribution in [3.8, 4) is 0 Å². The number of fused-ring (bicyclic) bond motifs is 1. The van der Waals surface area contributed by atoms with Gasteiger partial charge in [0.05, 0.1) is 24.1 Å². The van der Waals surface area contributed by atoms with Gasteiger partial charge in [-0.15, -0.1) is 0 Å². The molecule has 1 spiro atoms. The summed E-state index contributed by atoms with van der Waals surface area (Å²) in [5, 5.41) is 1.23. The van der Waals surface area contributed by atoms with Gasteiger partial charge in [-0.05, 0) is 24.3 Å². The fourth-order valence-electron chi connectivity index (χ4n) is 2.89. The Morgan fingerprint density at radius 2 is 2.06 bits per heavy atom. The van der Waals surface area contributed by atoms with E-state index in [0.717, 1.165) is 36.3 Å². The Kier molecular flexibility index (Phi) is 2.20. The van der Waals surface area contributed by atoms with E-state index in [2.05, 4.69) is 50.1 Å². The first-order valence-electron chi connectivity index (χ1n) is 6.13. The zero-order valence-corrected chi connectivity index (χ0v) is 11.5. The highest BCUT2D eigenvalue weighted by Crippen LogP contribution is 2.42. The van der Waals surface area contributed by atoms with Gasteiger partial charge in [0.15, 0.2) is 0 Å². The van der Waals surface area contributed by atoms with Crippen LogP contribution in [0.15, 0.2) is 34.9 Å². The van der Waals surface area contributed by atoms with Crippen LogP contribution >= 0.6 is 15.9 Å². The smallest absolute Gasteiger partial charge is 0.0734 e. The van der Waals surface area contributed by atoms with Crippen LogP contribution in [0.2, 0.25) is 0 Å². The lowest BCUT2D eigenvalue weighted by Gasteiger charge is -2.56. The first-order chi connectivity index (χ1) is 8.76. The van der Waals surface area contributed by atoms with E-state index in [1.165, 1.54) is 11.1 Å². The van der Waals surface area contributed by atoms with Gasteiger partial charge in [0.1, 0.15) is 0 Å². The maximum atomic E-state index is 5.32. The van der Waals surface area contributed by atoms with Crippen molar-refractivity contribution < 1.29 is 4.74 Å². The molecule has 3 heterocycles. The number of rotatable bonds is 1. The quantitative estimate of drug-likeness (QED) is 0.810. The van der Waals surface area contributed by atoms with Gasteiger partial charge in [0.2, 0.25) is 0 Å². The van der Waals surface area contributed by atoms with E-state index < -0.39 is 0 Å².